The van der Waals surface area contributed by atoms with E-state index in [1.54, 1.807) is 19.2 Å². The molecule has 1 aromatic carbocycles. The molecule has 0 unspecified atom stereocenters. The number of phenolic OH excluding ortho intramolecular Hbond substituents is 1. The van der Waals surface area contributed by atoms with Gasteiger partial charge in [-0.05, 0) is 37.1 Å². The van der Waals surface area contributed by atoms with Gasteiger partial charge in [0, 0.05) is 45.0 Å². The zero-order chi connectivity index (χ0) is 19.3. The largest absolute Gasteiger partial charge is 0.508 e. The highest BCUT2D eigenvalue weighted by Crippen LogP contribution is 2.24. The minimum Gasteiger partial charge on any atom is -0.508 e. The van der Waals surface area contributed by atoms with E-state index in [4.69, 9.17) is 9.72 Å². The van der Waals surface area contributed by atoms with Crippen LogP contribution >= 0.6 is 0 Å². The third-order valence-corrected chi connectivity index (χ3v) is 5.44. The summed E-state index contributed by atoms with van der Waals surface area (Å²) >= 11 is 0. The van der Waals surface area contributed by atoms with E-state index in [0.29, 0.717) is 17.7 Å². The highest BCUT2D eigenvalue weighted by atomic mass is 16.5. The molecule has 0 saturated carbocycles. The number of aromatic hydroxyl groups is 1. The van der Waals surface area contributed by atoms with E-state index >= 15 is 0 Å². The molecule has 2 aliphatic rings. The van der Waals surface area contributed by atoms with Crippen LogP contribution in [0.15, 0.2) is 24.3 Å². The van der Waals surface area contributed by atoms with E-state index in [-0.39, 0.29) is 0 Å². The Bertz CT molecular complexity index is 769. The van der Waals surface area contributed by atoms with Crippen LogP contribution in [0, 0.1) is 0 Å². The van der Waals surface area contributed by atoms with E-state index in [1.807, 2.05) is 12.1 Å². The van der Waals surface area contributed by atoms with E-state index < -0.39 is 0 Å². The Morgan fingerprint density at radius 2 is 1.25 bits per heavy atom. The second-order valence-electron chi connectivity index (χ2n) is 7.31. The minimum atomic E-state index is 0.292. The van der Waals surface area contributed by atoms with Gasteiger partial charge >= 0.3 is 6.01 Å². The highest BCUT2D eigenvalue weighted by Gasteiger charge is 2.22. The molecule has 0 aliphatic carbocycles. The van der Waals surface area contributed by atoms with Gasteiger partial charge in [-0.25, -0.2) is 0 Å². The first kappa shape index (κ1) is 18.6. The Morgan fingerprint density at radius 3 is 1.82 bits per heavy atom. The summed E-state index contributed by atoms with van der Waals surface area (Å²) in [6, 6.07) is 7.74. The molecule has 0 atom stereocenters. The zero-order valence-electron chi connectivity index (χ0n) is 16.4. The van der Waals surface area contributed by atoms with Crippen LogP contribution in [0.1, 0.15) is 25.7 Å². The van der Waals surface area contributed by atoms with E-state index in [9.17, 15) is 5.11 Å². The van der Waals surface area contributed by atoms with Crippen molar-refractivity contribution in [2.45, 2.75) is 25.7 Å². The molecule has 2 aliphatic heterocycles. The van der Waals surface area contributed by atoms with Crippen LogP contribution in [-0.4, -0.2) is 66.4 Å². The fourth-order valence-electron chi connectivity index (χ4n) is 3.81. The number of hydrogen-bond donors (Lipinski definition) is 1. The van der Waals surface area contributed by atoms with Crippen LogP contribution in [0.5, 0.6) is 11.8 Å². The number of piperazine rings is 1. The first-order chi connectivity index (χ1) is 13.7. The number of phenols is 1. The van der Waals surface area contributed by atoms with Crippen LogP contribution in [-0.2, 0) is 0 Å². The second kappa shape index (κ2) is 8.50. The van der Waals surface area contributed by atoms with E-state index in [2.05, 4.69) is 24.7 Å². The molecule has 2 fully saturated rings. The molecule has 1 N–H and O–H groups in total. The van der Waals surface area contributed by atoms with Crippen LogP contribution in [0.25, 0.3) is 0 Å². The normalized spacial score (nSPS) is 18.1. The molecular weight excluding hydrogens is 356 g/mol. The van der Waals surface area contributed by atoms with Crippen molar-refractivity contribution in [2.24, 2.45) is 0 Å². The van der Waals surface area contributed by atoms with Crippen molar-refractivity contribution in [2.75, 3.05) is 61.1 Å². The molecule has 0 bridgehead atoms. The minimum absolute atomic E-state index is 0.292. The highest BCUT2D eigenvalue weighted by molar-refractivity contribution is 5.51. The lowest BCUT2D eigenvalue weighted by Crippen LogP contribution is -2.47. The predicted molar refractivity (Wildman–Crippen MR) is 110 cm³/mol. The average molecular weight is 384 g/mol. The summed E-state index contributed by atoms with van der Waals surface area (Å²) in [7, 11) is 1.61. The molecule has 8 nitrogen and oxygen atoms in total. The molecule has 8 heteroatoms. The van der Waals surface area contributed by atoms with Gasteiger partial charge in [-0.1, -0.05) is 12.8 Å². The first-order valence-electron chi connectivity index (χ1n) is 10.1. The molecule has 0 radical (unpaired) electrons. The Morgan fingerprint density at radius 1 is 0.714 bits per heavy atom. The topological polar surface area (TPSA) is 77.9 Å². The number of rotatable bonds is 4. The van der Waals surface area contributed by atoms with Gasteiger partial charge in [0.25, 0.3) is 0 Å². The van der Waals surface area contributed by atoms with Crippen molar-refractivity contribution >= 4 is 17.6 Å². The molecule has 150 valence electrons. The number of anilines is 3. The summed E-state index contributed by atoms with van der Waals surface area (Å²) in [5.74, 6) is 1.71. The van der Waals surface area contributed by atoms with Crippen molar-refractivity contribution in [3.05, 3.63) is 24.3 Å². The fraction of sp³-hybridized carbons (Fsp3) is 0.550. The number of aromatic nitrogens is 3. The van der Waals surface area contributed by atoms with Gasteiger partial charge in [0.15, 0.2) is 0 Å². The van der Waals surface area contributed by atoms with Gasteiger partial charge in [0.05, 0.1) is 7.11 Å². The van der Waals surface area contributed by atoms with Crippen molar-refractivity contribution in [3.63, 3.8) is 0 Å². The molecule has 0 amide bonds. The Balaban J connectivity index is 1.48. The summed E-state index contributed by atoms with van der Waals surface area (Å²) in [6.07, 6.45) is 4.89. The van der Waals surface area contributed by atoms with E-state index in [0.717, 1.165) is 50.9 Å². The summed E-state index contributed by atoms with van der Waals surface area (Å²) in [6.45, 7) is 5.37. The number of benzene rings is 1. The average Bonchev–Trinajstić information content (AvgIpc) is 3.04. The summed E-state index contributed by atoms with van der Waals surface area (Å²) in [4.78, 5) is 20.6. The van der Waals surface area contributed by atoms with Crippen molar-refractivity contribution in [1.82, 2.24) is 15.0 Å². The lowest BCUT2D eigenvalue weighted by molar-refractivity contribution is 0.377. The van der Waals surface area contributed by atoms with Gasteiger partial charge in [-0.15, -0.1) is 0 Å². The monoisotopic (exact) mass is 384 g/mol. The molecule has 0 spiro atoms. The molecule has 2 saturated heterocycles. The first-order valence-corrected chi connectivity index (χ1v) is 10.1. The Labute approximate surface area is 165 Å². The molecule has 28 heavy (non-hydrogen) atoms. The third kappa shape index (κ3) is 4.21. The number of ether oxygens (including phenoxy) is 1. The third-order valence-electron chi connectivity index (χ3n) is 5.44. The lowest BCUT2D eigenvalue weighted by atomic mass is 10.2. The van der Waals surface area contributed by atoms with Crippen LogP contribution < -0.4 is 19.4 Å². The SMILES string of the molecule is COc1nc(N2CCCCCC2)nc(N2CCN(c3ccc(O)cc3)CC2)n1. The smallest absolute Gasteiger partial charge is 0.322 e. The number of methoxy groups -OCH3 is 1. The lowest BCUT2D eigenvalue weighted by Gasteiger charge is -2.36. The fourth-order valence-corrected chi connectivity index (χ4v) is 3.81. The molecule has 3 heterocycles. The molecule has 4 rings (SSSR count). The van der Waals surface area contributed by atoms with Crippen molar-refractivity contribution in [3.8, 4) is 11.8 Å². The molecule has 1 aromatic heterocycles. The van der Waals surface area contributed by atoms with Gasteiger partial charge in [-0.3, -0.25) is 0 Å². The maximum absolute atomic E-state index is 9.48. The quantitative estimate of drug-likeness (QED) is 0.860. The molecule has 2 aromatic rings. The maximum atomic E-state index is 9.48. The van der Waals surface area contributed by atoms with Crippen LogP contribution in [0.2, 0.25) is 0 Å². The summed E-state index contributed by atoms with van der Waals surface area (Å²) in [5.41, 5.74) is 1.12. The van der Waals surface area contributed by atoms with Crippen LogP contribution in [0.4, 0.5) is 17.6 Å². The summed E-state index contributed by atoms with van der Waals surface area (Å²) < 4.78 is 5.36. The maximum Gasteiger partial charge on any atom is 0.322 e. The summed E-state index contributed by atoms with van der Waals surface area (Å²) in [5, 5.41) is 9.48. The molecular formula is C20H28N6O2. The van der Waals surface area contributed by atoms with Gasteiger partial charge in [0.1, 0.15) is 5.75 Å². The van der Waals surface area contributed by atoms with Crippen molar-refractivity contribution < 1.29 is 9.84 Å². The van der Waals surface area contributed by atoms with Gasteiger partial charge < -0.3 is 24.5 Å². The zero-order valence-corrected chi connectivity index (χ0v) is 16.4. The predicted octanol–water partition coefficient (Wildman–Crippen LogP) is 2.29. The van der Waals surface area contributed by atoms with Gasteiger partial charge in [-0.2, -0.15) is 15.0 Å². The van der Waals surface area contributed by atoms with Gasteiger partial charge in [0.2, 0.25) is 11.9 Å². The van der Waals surface area contributed by atoms with Crippen molar-refractivity contribution in [1.29, 1.82) is 0 Å². The Kier molecular flexibility index (Phi) is 5.64. The van der Waals surface area contributed by atoms with E-state index in [1.165, 1.54) is 25.7 Å². The second-order valence-corrected chi connectivity index (χ2v) is 7.31. The standard InChI is InChI=1S/C20H28N6O2/c1-28-20-22-18(25-10-4-2-3-5-11-25)21-19(23-20)26-14-12-24(13-15-26)16-6-8-17(27)9-7-16/h6-9,27H,2-5,10-15H2,1H3. The number of nitrogens with zero attached hydrogens (tertiary/aromatic N) is 6. The number of hydrogen-bond acceptors (Lipinski definition) is 8. The van der Waals surface area contributed by atoms with Crippen LogP contribution in [0.3, 0.4) is 0 Å². The Hall–Kier alpha value is -2.77.